The van der Waals surface area contributed by atoms with Gasteiger partial charge in [-0.25, -0.2) is 8.78 Å². The van der Waals surface area contributed by atoms with Crippen molar-refractivity contribution in [3.8, 4) is 5.75 Å². The Kier molecular flexibility index (Phi) is 6.91. The predicted molar refractivity (Wildman–Crippen MR) is 71.1 cm³/mol. The Morgan fingerprint density at radius 2 is 2.05 bits per heavy atom. The highest BCUT2D eigenvalue weighted by molar-refractivity contribution is 5.28. The van der Waals surface area contributed by atoms with Crippen LogP contribution in [0.2, 0.25) is 0 Å². The molecule has 120 valence electrons. The highest BCUT2D eigenvalue weighted by Crippen LogP contribution is 2.21. The van der Waals surface area contributed by atoms with E-state index in [1.54, 1.807) is 6.07 Å². The summed E-state index contributed by atoms with van der Waals surface area (Å²) in [5, 5.41) is 11.7. The number of nitrogens with one attached hydrogen (secondary N) is 1. The Morgan fingerprint density at radius 1 is 1.33 bits per heavy atom. The fourth-order valence-corrected chi connectivity index (χ4v) is 1.59. The Labute approximate surface area is 120 Å². The first-order chi connectivity index (χ1) is 9.85. The molecule has 0 saturated heterocycles. The van der Waals surface area contributed by atoms with E-state index in [1.807, 2.05) is 25.1 Å². The smallest absolute Gasteiger partial charge is 0.319 e. The summed E-state index contributed by atoms with van der Waals surface area (Å²) in [4.78, 5) is 0. The Hall–Kier alpha value is -1.34. The average molecular weight is 309 g/mol. The van der Waals surface area contributed by atoms with Crippen LogP contribution in [-0.2, 0) is 6.42 Å². The third-order valence-electron chi connectivity index (χ3n) is 2.81. The molecule has 0 aliphatic rings. The van der Waals surface area contributed by atoms with E-state index < -0.39 is 25.0 Å². The maximum atomic E-state index is 12.6. The fourth-order valence-electron chi connectivity index (χ4n) is 1.59. The van der Waals surface area contributed by atoms with Crippen LogP contribution in [0.15, 0.2) is 24.3 Å². The second kappa shape index (κ2) is 8.19. The largest absolute Gasteiger partial charge is 0.491 e. The van der Waals surface area contributed by atoms with Crippen molar-refractivity contribution in [3.63, 3.8) is 0 Å². The van der Waals surface area contributed by atoms with Gasteiger partial charge in [-0.2, -0.15) is 8.78 Å². The minimum absolute atomic E-state index is 0.111. The molecule has 21 heavy (non-hydrogen) atoms. The van der Waals surface area contributed by atoms with E-state index in [0.717, 1.165) is 12.0 Å². The topological polar surface area (TPSA) is 41.5 Å². The van der Waals surface area contributed by atoms with Crippen molar-refractivity contribution in [1.82, 2.24) is 5.32 Å². The lowest BCUT2D eigenvalue weighted by Crippen LogP contribution is -2.42. The number of ether oxygens (including phenoxy) is 1. The molecule has 3 nitrogen and oxygen atoms in total. The number of alkyl halides is 4. The molecule has 2 N–H and O–H groups in total. The predicted octanol–water partition coefficient (Wildman–Crippen LogP) is 2.48. The zero-order valence-electron chi connectivity index (χ0n) is 11.7. The van der Waals surface area contributed by atoms with Crippen LogP contribution < -0.4 is 10.1 Å². The highest BCUT2D eigenvalue weighted by Gasteiger charge is 2.40. The molecule has 0 saturated carbocycles. The number of rotatable bonds is 9. The molecule has 1 atom stereocenters. The van der Waals surface area contributed by atoms with E-state index in [9.17, 15) is 22.7 Å². The molecule has 1 aromatic rings. The van der Waals surface area contributed by atoms with Crippen LogP contribution >= 0.6 is 0 Å². The van der Waals surface area contributed by atoms with Crippen molar-refractivity contribution >= 4 is 0 Å². The van der Waals surface area contributed by atoms with Gasteiger partial charge in [0.05, 0.1) is 6.54 Å². The van der Waals surface area contributed by atoms with Crippen molar-refractivity contribution in [1.29, 1.82) is 0 Å². The fraction of sp³-hybridized carbons (Fsp3) is 0.571. The van der Waals surface area contributed by atoms with Crippen molar-refractivity contribution in [2.45, 2.75) is 31.8 Å². The Bertz CT molecular complexity index is 429. The summed E-state index contributed by atoms with van der Waals surface area (Å²) in [5.41, 5.74) is 1.07. The van der Waals surface area contributed by atoms with Gasteiger partial charge in [0.2, 0.25) is 0 Å². The number of aliphatic hydroxyl groups excluding tert-OH is 1. The van der Waals surface area contributed by atoms with E-state index in [0.29, 0.717) is 5.75 Å². The first-order valence-corrected chi connectivity index (χ1v) is 6.61. The lowest BCUT2D eigenvalue weighted by molar-refractivity contribution is -0.125. The van der Waals surface area contributed by atoms with E-state index in [2.05, 4.69) is 5.32 Å². The van der Waals surface area contributed by atoms with Crippen LogP contribution in [0.4, 0.5) is 17.6 Å². The third-order valence-corrected chi connectivity index (χ3v) is 2.81. The van der Waals surface area contributed by atoms with Crippen molar-refractivity contribution < 1.29 is 27.4 Å². The van der Waals surface area contributed by atoms with Gasteiger partial charge in [0.25, 0.3) is 0 Å². The summed E-state index contributed by atoms with van der Waals surface area (Å²) in [6.45, 7) is 0.435. The van der Waals surface area contributed by atoms with Gasteiger partial charge in [-0.15, -0.1) is 0 Å². The molecular formula is C14H19F4NO2. The first-order valence-electron chi connectivity index (χ1n) is 6.61. The maximum Gasteiger partial charge on any atom is 0.319 e. The average Bonchev–Trinajstić information content (AvgIpc) is 2.45. The number of hydrogen-bond acceptors (Lipinski definition) is 3. The summed E-state index contributed by atoms with van der Waals surface area (Å²) in [5.74, 6) is -3.54. The van der Waals surface area contributed by atoms with Gasteiger partial charge in [-0.1, -0.05) is 19.1 Å². The molecular weight excluding hydrogens is 290 g/mol. The SMILES string of the molecule is CCc1cccc(OCC(O)CNCC(F)(F)C(F)F)c1. The lowest BCUT2D eigenvalue weighted by Gasteiger charge is -2.18. The molecule has 0 radical (unpaired) electrons. The number of aliphatic hydroxyl groups is 1. The summed E-state index contributed by atoms with van der Waals surface area (Å²) in [6, 6.07) is 7.26. The molecule has 0 fully saturated rings. The van der Waals surface area contributed by atoms with Crippen LogP contribution in [0, 0.1) is 0 Å². The van der Waals surface area contributed by atoms with Gasteiger partial charge in [0, 0.05) is 6.54 Å². The molecule has 1 rings (SSSR count). The van der Waals surface area contributed by atoms with Gasteiger partial charge in [-0.05, 0) is 24.1 Å². The minimum Gasteiger partial charge on any atom is -0.491 e. The number of aryl methyl sites for hydroxylation is 1. The summed E-state index contributed by atoms with van der Waals surface area (Å²) >= 11 is 0. The summed E-state index contributed by atoms with van der Waals surface area (Å²) < 4.78 is 54.3. The van der Waals surface area contributed by atoms with Crippen LogP contribution in [-0.4, -0.2) is 43.3 Å². The summed E-state index contributed by atoms with van der Waals surface area (Å²) in [6.07, 6.45) is -3.96. The van der Waals surface area contributed by atoms with Crippen LogP contribution in [0.3, 0.4) is 0 Å². The quantitative estimate of drug-likeness (QED) is 0.689. The van der Waals surface area contributed by atoms with Crippen molar-refractivity contribution in [2.75, 3.05) is 19.7 Å². The molecule has 7 heteroatoms. The molecule has 0 heterocycles. The van der Waals surface area contributed by atoms with Gasteiger partial charge in [0.15, 0.2) is 0 Å². The molecule has 0 bridgehead atoms. The zero-order valence-corrected chi connectivity index (χ0v) is 11.7. The molecule has 1 aromatic carbocycles. The monoisotopic (exact) mass is 309 g/mol. The second-order valence-electron chi connectivity index (χ2n) is 4.66. The second-order valence-corrected chi connectivity index (χ2v) is 4.66. The van der Waals surface area contributed by atoms with Gasteiger partial charge < -0.3 is 15.2 Å². The maximum absolute atomic E-state index is 12.6. The minimum atomic E-state index is -4.10. The highest BCUT2D eigenvalue weighted by atomic mass is 19.3. The molecule has 0 aliphatic heterocycles. The van der Waals surface area contributed by atoms with Crippen LogP contribution in [0.5, 0.6) is 5.75 Å². The normalized spacial score (nSPS) is 13.5. The van der Waals surface area contributed by atoms with E-state index in [-0.39, 0.29) is 13.2 Å². The van der Waals surface area contributed by atoms with E-state index in [4.69, 9.17) is 4.74 Å². The Morgan fingerprint density at radius 3 is 2.67 bits per heavy atom. The van der Waals surface area contributed by atoms with Crippen LogP contribution in [0.25, 0.3) is 0 Å². The van der Waals surface area contributed by atoms with Crippen LogP contribution in [0.1, 0.15) is 12.5 Å². The van der Waals surface area contributed by atoms with Gasteiger partial charge >= 0.3 is 12.3 Å². The lowest BCUT2D eigenvalue weighted by atomic mass is 10.2. The molecule has 0 spiro atoms. The molecule has 0 amide bonds. The number of benzene rings is 1. The third kappa shape index (κ3) is 6.31. The molecule has 0 aliphatic carbocycles. The zero-order chi connectivity index (χ0) is 15.9. The standard InChI is InChI=1S/C14H19F4NO2/c1-2-10-4-3-5-12(6-10)21-8-11(20)7-19-9-14(17,18)13(15)16/h3-6,11,13,19-20H,2,7-9H2,1H3. The summed E-state index contributed by atoms with van der Waals surface area (Å²) in [7, 11) is 0. The van der Waals surface area contributed by atoms with E-state index >= 15 is 0 Å². The van der Waals surface area contributed by atoms with Gasteiger partial charge in [-0.3, -0.25) is 0 Å². The van der Waals surface area contributed by atoms with Gasteiger partial charge in [0.1, 0.15) is 18.5 Å². The number of hydrogen-bond donors (Lipinski definition) is 2. The molecule has 1 unspecified atom stereocenters. The molecule has 0 aromatic heterocycles. The number of halogens is 4. The van der Waals surface area contributed by atoms with E-state index in [1.165, 1.54) is 0 Å². The van der Waals surface area contributed by atoms with Crippen molar-refractivity contribution in [3.05, 3.63) is 29.8 Å². The first kappa shape index (κ1) is 17.7. The Balaban J connectivity index is 2.29. The van der Waals surface area contributed by atoms with Crippen molar-refractivity contribution in [2.24, 2.45) is 0 Å².